The molecular weight excluding hydrogens is 341 g/mol. The van der Waals surface area contributed by atoms with Gasteiger partial charge in [-0.05, 0) is 62.4 Å². The molecule has 1 aromatic carbocycles. The monoisotopic (exact) mass is 362 g/mol. The summed E-state index contributed by atoms with van der Waals surface area (Å²) in [5.74, 6) is 0.0841. The predicted molar refractivity (Wildman–Crippen MR) is 87.9 cm³/mol. The first kappa shape index (κ1) is 19.1. The van der Waals surface area contributed by atoms with Crippen LogP contribution in [0.3, 0.4) is 0 Å². The van der Waals surface area contributed by atoms with E-state index >= 15 is 0 Å². The standard InChI is InChI=1S/C17H21F3N2O.ClH/c1-11(12-2-4-13(5-3-12)17(18,19)20)22-15(23)14-10-16(14)6-8-21-9-7-16;/h2-5,11,14,21H,6-10H2,1H3,(H,22,23);1H. The number of carbonyl (C=O) groups is 1. The quantitative estimate of drug-likeness (QED) is 0.861. The molecule has 1 heterocycles. The average molecular weight is 363 g/mol. The van der Waals surface area contributed by atoms with Gasteiger partial charge in [0, 0.05) is 5.92 Å². The normalized spacial score (nSPS) is 23.2. The van der Waals surface area contributed by atoms with Crippen molar-refractivity contribution in [1.29, 1.82) is 0 Å². The number of nitrogens with one attached hydrogen (secondary N) is 2. The molecule has 1 saturated carbocycles. The third-order valence-electron chi connectivity index (χ3n) is 5.20. The second kappa shape index (κ2) is 6.92. The highest BCUT2D eigenvalue weighted by molar-refractivity contribution is 5.85. The summed E-state index contributed by atoms with van der Waals surface area (Å²) in [7, 11) is 0. The lowest BCUT2D eigenvalue weighted by Gasteiger charge is -2.24. The van der Waals surface area contributed by atoms with Crippen LogP contribution in [0.2, 0.25) is 0 Å². The van der Waals surface area contributed by atoms with Crippen LogP contribution in [0.1, 0.15) is 43.4 Å². The fourth-order valence-corrected chi connectivity index (χ4v) is 3.55. The van der Waals surface area contributed by atoms with Gasteiger partial charge in [0.05, 0.1) is 11.6 Å². The fraction of sp³-hybridized carbons (Fsp3) is 0.588. The molecule has 1 aliphatic heterocycles. The second-order valence-corrected chi connectivity index (χ2v) is 6.72. The van der Waals surface area contributed by atoms with Gasteiger partial charge < -0.3 is 10.6 Å². The van der Waals surface area contributed by atoms with E-state index in [0.717, 1.165) is 44.5 Å². The number of hydrogen-bond acceptors (Lipinski definition) is 2. The minimum atomic E-state index is -4.33. The van der Waals surface area contributed by atoms with Gasteiger partial charge in [0.1, 0.15) is 0 Å². The Balaban J connectivity index is 0.00000208. The van der Waals surface area contributed by atoms with Crippen LogP contribution >= 0.6 is 12.4 Å². The molecule has 1 spiro atoms. The SMILES string of the molecule is CC(NC(=O)C1CC12CCNCC2)c1ccc(C(F)(F)F)cc1.Cl. The van der Waals surface area contributed by atoms with E-state index in [1.165, 1.54) is 12.1 Å². The molecule has 3 nitrogen and oxygen atoms in total. The van der Waals surface area contributed by atoms with Crippen molar-refractivity contribution in [1.82, 2.24) is 10.6 Å². The maximum Gasteiger partial charge on any atom is 0.416 e. The first-order valence-electron chi connectivity index (χ1n) is 8.00. The number of halogens is 4. The molecule has 2 atom stereocenters. The molecular formula is C17H22ClF3N2O. The van der Waals surface area contributed by atoms with E-state index in [-0.39, 0.29) is 35.7 Å². The first-order valence-corrected chi connectivity index (χ1v) is 8.00. The highest BCUT2D eigenvalue weighted by Gasteiger charge is 2.57. The van der Waals surface area contributed by atoms with Crippen LogP contribution in [0.4, 0.5) is 13.2 Å². The van der Waals surface area contributed by atoms with E-state index in [9.17, 15) is 18.0 Å². The van der Waals surface area contributed by atoms with E-state index in [1.54, 1.807) is 6.92 Å². The van der Waals surface area contributed by atoms with Gasteiger partial charge in [0.15, 0.2) is 0 Å². The molecule has 134 valence electrons. The zero-order valence-corrected chi connectivity index (χ0v) is 14.3. The third-order valence-corrected chi connectivity index (χ3v) is 5.20. The smallest absolute Gasteiger partial charge is 0.349 e. The number of rotatable bonds is 3. The van der Waals surface area contributed by atoms with Crippen molar-refractivity contribution in [2.45, 2.75) is 38.4 Å². The lowest BCUT2D eigenvalue weighted by atomic mass is 9.91. The molecule has 1 aromatic rings. The summed E-state index contributed by atoms with van der Waals surface area (Å²) in [5, 5.41) is 6.25. The topological polar surface area (TPSA) is 41.1 Å². The Labute approximate surface area is 145 Å². The molecule has 2 unspecified atom stereocenters. The summed E-state index contributed by atoms with van der Waals surface area (Å²) in [5.41, 5.74) is 0.178. The molecule has 0 bridgehead atoms. The van der Waals surface area contributed by atoms with Crippen molar-refractivity contribution in [3.8, 4) is 0 Å². The Hall–Kier alpha value is -1.27. The van der Waals surface area contributed by atoms with Crippen LogP contribution in [0.15, 0.2) is 24.3 Å². The van der Waals surface area contributed by atoms with Crippen LogP contribution in [0.5, 0.6) is 0 Å². The van der Waals surface area contributed by atoms with Gasteiger partial charge in [-0.1, -0.05) is 12.1 Å². The lowest BCUT2D eigenvalue weighted by Crippen LogP contribution is -2.34. The van der Waals surface area contributed by atoms with Gasteiger partial charge in [0.2, 0.25) is 5.91 Å². The molecule has 3 rings (SSSR count). The van der Waals surface area contributed by atoms with Crippen molar-refractivity contribution < 1.29 is 18.0 Å². The van der Waals surface area contributed by atoms with Gasteiger partial charge in [-0.3, -0.25) is 4.79 Å². The Morgan fingerprint density at radius 3 is 2.38 bits per heavy atom. The van der Waals surface area contributed by atoms with Crippen molar-refractivity contribution >= 4 is 18.3 Å². The molecule has 2 N–H and O–H groups in total. The van der Waals surface area contributed by atoms with Gasteiger partial charge in [0.25, 0.3) is 0 Å². The van der Waals surface area contributed by atoms with Crippen LogP contribution in [-0.2, 0) is 11.0 Å². The number of benzene rings is 1. The summed E-state index contributed by atoms with van der Waals surface area (Å²) in [6.07, 6.45) is -1.35. The van der Waals surface area contributed by atoms with E-state index in [1.807, 2.05) is 0 Å². The zero-order chi connectivity index (χ0) is 16.7. The minimum absolute atomic E-state index is 0. The molecule has 0 aromatic heterocycles. The summed E-state index contributed by atoms with van der Waals surface area (Å²) < 4.78 is 37.7. The summed E-state index contributed by atoms with van der Waals surface area (Å²) >= 11 is 0. The average Bonchev–Trinajstić information content (AvgIpc) is 3.20. The van der Waals surface area contributed by atoms with Crippen molar-refractivity contribution in [2.24, 2.45) is 11.3 Å². The summed E-state index contributed by atoms with van der Waals surface area (Å²) in [6, 6.07) is 4.69. The highest BCUT2D eigenvalue weighted by atomic mass is 35.5. The van der Waals surface area contributed by atoms with Crippen molar-refractivity contribution in [2.75, 3.05) is 13.1 Å². The van der Waals surface area contributed by atoms with Crippen LogP contribution < -0.4 is 10.6 Å². The Kier molecular flexibility index (Phi) is 5.50. The van der Waals surface area contributed by atoms with Crippen LogP contribution in [-0.4, -0.2) is 19.0 Å². The number of hydrogen-bond donors (Lipinski definition) is 2. The van der Waals surface area contributed by atoms with Crippen molar-refractivity contribution in [3.05, 3.63) is 35.4 Å². The Morgan fingerprint density at radius 1 is 1.25 bits per heavy atom. The molecule has 0 radical (unpaired) electrons. The van der Waals surface area contributed by atoms with Gasteiger partial charge in [-0.2, -0.15) is 13.2 Å². The van der Waals surface area contributed by atoms with E-state index in [0.29, 0.717) is 5.56 Å². The second-order valence-electron chi connectivity index (χ2n) is 6.72. The molecule has 1 saturated heterocycles. The van der Waals surface area contributed by atoms with E-state index in [2.05, 4.69) is 10.6 Å². The largest absolute Gasteiger partial charge is 0.416 e. The lowest BCUT2D eigenvalue weighted by molar-refractivity contribution is -0.137. The third kappa shape index (κ3) is 3.86. The summed E-state index contributed by atoms with van der Waals surface area (Å²) in [6.45, 7) is 3.72. The maximum absolute atomic E-state index is 12.6. The van der Waals surface area contributed by atoms with Crippen LogP contribution in [0, 0.1) is 11.3 Å². The molecule has 1 aliphatic carbocycles. The molecule has 2 fully saturated rings. The number of carbonyl (C=O) groups excluding carboxylic acids is 1. The molecule has 2 aliphatic rings. The van der Waals surface area contributed by atoms with E-state index in [4.69, 9.17) is 0 Å². The predicted octanol–water partition coefficient (Wildman–Crippen LogP) is 3.69. The van der Waals surface area contributed by atoms with E-state index < -0.39 is 11.7 Å². The van der Waals surface area contributed by atoms with Gasteiger partial charge in [-0.15, -0.1) is 12.4 Å². The Morgan fingerprint density at radius 2 is 1.83 bits per heavy atom. The number of amides is 1. The van der Waals surface area contributed by atoms with Gasteiger partial charge in [-0.25, -0.2) is 0 Å². The summed E-state index contributed by atoms with van der Waals surface area (Å²) in [4.78, 5) is 12.4. The molecule has 1 amide bonds. The molecule has 7 heteroatoms. The highest BCUT2D eigenvalue weighted by Crippen LogP contribution is 2.58. The van der Waals surface area contributed by atoms with Gasteiger partial charge >= 0.3 is 6.18 Å². The number of piperidine rings is 1. The maximum atomic E-state index is 12.6. The Bertz CT molecular complexity index is 582. The number of alkyl halides is 3. The first-order chi connectivity index (χ1) is 10.8. The molecule has 24 heavy (non-hydrogen) atoms. The van der Waals surface area contributed by atoms with Crippen LogP contribution in [0.25, 0.3) is 0 Å². The zero-order valence-electron chi connectivity index (χ0n) is 13.5. The minimum Gasteiger partial charge on any atom is -0.349 e. The fourth-order valence-electron chi connectivity index (χ4n) is 3.55. The van der Waals surface area contributed by atoms with Crippen molar-refractivity contribution in [3.63, 3.8) is 0 Å².